The van der Waals surface area contributed by atoms with Gasteiger partial charge < -0.3 is 19.1 Å². The fourth-order valence-electron chi connectivity index (χ4n) is 11.0. The molecule has 0 unspecified atom stereocenters. The van der Waals surface area contributed by atoms with E-state index in [1.54, 1.807) is 14.2 Å². The second kappa shape index (κ2) is 14.9. The standard InChI is InChI=1S/C62H49NO3/c1-61(2)52-16-9-7-12-48(52)50-30-22-40(34-54(50)61)42-24-32-56-58(36-42)66-59-37-43(41-23-31-51-49-13-8-10-17-53(49)62(3,4)55(51)35-41)25-33-57(59)63(56)60-46(38-18-26-44(64-5)27-19-38)14-11-15-47(60)39-20-28-45(65-6)29-21-39/h7-37H,1-6H3. The molecular weight excluding hydrogens is 807 g/mol. The Morgan fingerprint density at radius 1 is 0.348 bits per heavy atom. The van der Waals surface area contributed by atoms with Gasteiger partial charge in [-0.1, -0.05) is 155 Å². The van der Waals surface area contributed by atoms with E-state index in [4.69, 9.17) is 14.2 Å². The Morgan fingerprint density at radius 3 is 1.15 bits per heavy atom. The summed E-state index contributed by atoms with van der Waals surface area (Å²) >= 11 is 0. The van der Waals surface area contributed by atoms with Crippen LogP contribution in [0.5, 0.6) is 23.0 Å². The fraction of sp³-hybridized carbons (Fsp3) is 0.129. The van der Waals surface area contributed by atoms with Crippen LogP contribution in [0.15, 0.2) is 188 Å². The number of nitrogens with zero attached hydrogens (tertiary/aromatic N) is 1. The van der Waals surface area contributed by atoms with Gasteiger partial charge in [-0.15, -0.1) is 0 Å². The van der Waals surface area contributed by atoms with Gasteiger partial charge in [0.25, 0.3) is 0 Å². The van der Waals surface area contributed by atoms with Crippen molar-refractivity contribution in [1.29, 1.82) is 0 Å². The second-order valence-electron chi connectivity index (χ2n) is 18.8. The van der Waals surface area contributed by atoms with Gasteiger partial charge in [0.15, 0.2) is 11.5 Å². The molecule has 0 fully saturated rings. The molecule has 320 valence electrons. The van der Waals surface area contributed by atoms with Crippen molar-refractivity contribution < 1.29 is 14.2 Å². The third kappa shape index (κ3) is 6.05. The average Bonchev–Trinajstić information content (AvgIpc) is 3.74. The molecule has 1 heterocycles. The number of ether oxygens (including phenoxy) is 3. The highest BCUT2D eigenvalue weighted by Gasteiger charge is 2.37. The molecule has 0 spiro atoms. The average molecular weight is 856 g/mol. The van der Waals surface area contributed by atoms with Gasteiger partial charge in [-0.25, -0.2) is 0 Å². The first-order valence-corrected chi connectivity index (χ1v) is 22.8. The van der Waals surface area contributed by atoms with Crippen molar-refractivity contribution in [2.24, 2.45) is 0 Å². The molecule has 3 aliphatic rings. The van der Waals surface area contributed by atoms with Crippen LogP contribution in [0.1, 0.15) is 49.9 Å². The molecule has 0 N–H and O–H groups in total. The number of anilines is 3. The van der Waals surface area contributed by atoms with Crippen LogP contribution in [-0.2, 0) is 10.8 Å². The summed E-state index contributed by atoms with van der Waals surface area (Å²) in [5.41, 5.74) is 22.2. The SMILES string of the molecule is COc1ccc(-c2cccc(-c3ccc(OC)cc3)c2N2c3ccc(-c4ccc5c(c4)C(C)(C)c4ccccc4-5)cc3Oc3cc(-c4ccc5c(c4)C(C)(C)c4ccccc4-5)ccc32)cc1. The molecule has 0 saturated carbocycles. The highest BCUT2D eigenvalue weighted by atomic mass is 16.5. The Labute approximate surface area is 387 Å². The van der Waals surface area contributed by atoms with Gasteiger partial charge >= 0.3 is 0 Å². The number of benzene rings is 9. The molecule has 4 heteroatoms. The van der Waals surface area contributed by atoms with Crippen LogP contribution in [0, 0.1) is 0 Å². The Kier molecular flexibility index (Phi) is 8.95. The van der Waals surface area contributed by atoms with E-state index in [-0.39, 0.29) is 10.8 Å². The van der Waals surface area contributed by atoms with Gasteiger partial charge in [0.2, 0.25) is 0 Å². The van der Waals surface area contributed by atoms with E-state index < -0.39 is 0 Å². The minimum Gasteiger partial charge on any atom is -0.497 e. The van der Waals surface area contributed by atoms with Gasteiger partial charge in [-0.3, -0.25) is 0 Å². The molecule has 9 aromatic carbocycles. The van der Waals surface area contributed by atoms with Gasteiger partial charge in [-0.05, 0) is 139 Å². The van der Waals surface area contributed by atoms with Crippen molar-refractivity contribution in [2.75, 3.05) is 19.1 Å². The molecular formula is C62H49NO3. The van der Waals surface area contributed by atoms with E-state index in [0.717, 1.165) is 84.6 Å². The van der Waals surface area contributed by atoms with Crippen molar-refractivity contribution >= 4 is 17.1 Å². The summed E-state index contributed by atoms with van der Waals surface area (Å²) in [6.07, 6.45) is 0. The predicted molar refractivity (Wildman–Crippen MR) is 271 cm³/mol. The Balaban J connectivity index is 1.05. The van der Waals surface area contributed by atoms with Crippen molar-refractivity contribution in [3.8, 4) is 89.8 Å². The van der Waals surface area contributed by atoms with Crippen molar-refractivity contribution in [1.82, 2.24) is 0 Å². The molecule has 12 rings (SSSR count). The normalized spacial score (nSPS) is 14.2. The molecule has 0 atom stereocenters. The maximum absolute atomic E-state index is 7.20. The fourth-order valence-corrected chi connectivity index (χ4v) is 11.0. The number of methoxy groups -OCH3 is 2. The van der Waals surface area contributed by atoms with Crippen LogP contribution in [0.3, 0.4) is 0 Å². The van der Waals surface area contributed by atoms with Crippen LogP contribution in [0.25, 0.3) is 66.8 Å². The molecule has 0 amide bonds. The lowest BCUT2D eigenvalue weighted by Gasteiger charge is -2.36. The largest absolute Gasteiger partial charge is 0.497 e. The maximum atomic E-state index is 7.20. The van der Waals surface area contributed by atoms with Crippen LogP contribution in [0.2, 0.25) is 0 Å². The lowest BCUT2D eigenvalue weighted by molar-refractivity contribution is 0.415. The third-order valence-corrected chi connectivity index (χ3v) is 14.5. The molecule has 0 bridgehead atoms. The van der Waals surface area contributed by atoms with E-state index in [2.05, 4.69) is 196 Å². The first kappa shape index (κ1) is 39.7. The Morgan fingerprint density at radius 2 is 0.712 bits per heavy atom. The van der Waals surface area contributed by atoms with Crippen LogP contribution < -0.4 is 19.1 Å². The summed E-state index contributed by atoms with van der Waals surface area (Å²) in [5, 5.41) is 0. The molecule has 2 aliphatic carbocycles. The lowest BCUT2D eigenvalue weighted by Crippen LogP contribution is -2.18. The van der Waals surface area contributed by atoms with Gasteiger partial charge in [0, 0.05) is 22.0 Å². The van der Waals surface area contributed by atoms with E-state index in [9.17, 15) is 0 Å². The summed E-state index contributed by atoms with van der Waals surface area (Å²) in [4.78, 5) is 2.41. The summed E-state index contributed by atoms with van der Waals surface area (Å²) < 4.78 is 18.4. The summed E-state index contributed by atoms with van der Waals surface area (Å²) in [6.45, 7) is 9.35. The minimum atomic E-state index is -0.114. The first-order valence-electron chi connectivity index (χ1n) is 22.8. The van der Waals surface area contributed by atoms with Gasteiger partial charge in [-0.2, -0.15) is 0 Å². The molecule has 0 aromatic heterocycles. The summed E-state index contributed by atoms with van der Waals surface area (Å²) in [6, 6.07) is 68.3. The van der Waals surface area contributed by atoms with Crippen molar-refractivity contribution in [3.05, 3.63) is 210 Å². The molecule has 66 heavy (non-hydrogen) atoms. The summed E-state index contributed by atoms with van der Waals surface area (Å²) in [5.74, 6) is 3.20. The van der Waals surface area contributed by atoms with Gasteiger partial charge in [0.05, 0.1) is 31.3 Å². The molecule has 1 aliphatic heterocycles. The third-order valence-electron chi connectivity index (χ3n) is 14.5. The highest BCUT2D eigenvalue weighted by Crippen LogP contribution is 2.57. The van der Waals surface area contributed by atoms with Gasteiger partial charge in [0.1, 0.15) is 11.5 Å². The number of fused-ring (bicyclic) bond motifs is 8. The second-order valence-corrected chi connectivity index (χ2v) is 18.8. The number of hydrogen-bond donors (Lipinski definition) is 0. The monoisotopic (exact) mass is 855 g/mol. The maximum Gasteiger partial charge on any atom is 0.152 e. The zero-order valence-corrected chi connectivity index (χ0v) is 38.1. The van der Waals surface area contributed by atoms with E-state index in [1.807, 2.05) is 24.3 Å². The van der Waals surface area contributed by atoms with Crippen LogP contribution in [0.4, 0.5) is 17.1 Å². The Bertz CT molecular complexity index is 3190. The number of rotatable bonds is 7. The molecule has 9 aromatic rings. The zero-order valence-electron chi connectivity index (χ0n) is 38.1. The van der Waals surface area contributed by atoms with Crippen molar-refractivity contribution in [3.63, 3.8) is 0 Å². The number of hydrogen-bond acceptors (Lipinski definition) is 4. The zero-order chi connectivity index (χ0) is 44.9. The van der Waals surface area contributed by atoms with Crippen molar-refractivity contribution in [2.45, 2.75) is 38.5 Å². The quantitative estimate of drug-likeness (QED) is 0.160. The van der Waals surface area contributed by atoms with E-state index in [0.29, 0.717) is 0 Å². The predicted octanol–water partition coefficient (Wildman–Crippen LogP) is 16.6. The number of para-hydroxylation sites is 1. The van der Waals surface area contributed by atoms with Crippen LogP contribution >= 0.6 is 0 Å². The van der Waals surface area contributed by atoms with E-state index in [1.165, 1.54) is 44.5 Å². The molecule has 0 saturated heterocycles. The van der Waals surface area contributed by atoms with E-state index >= 15 is 0 Å². The first-order chi connectivity index (χ1) is 32.1. The van der Waals surface area contributed by atoms with Crippen LogP contribution in [-0.4, -0.2) is 14.2 Å². The topological polar surface area (TPSA) is 30.9 Å². The smallest absolute Gasteiger partial charge is 0.152 e. The molecule has 0 radical (unpaired) electrons. The highest BCUT2D eigenvalue weighted by molar-refractivity contribution is 6.01. The summed E-state index contributed by atoms with van der Waals surface area (Å²) in [7, 11) is 3.42. The lowest BCUT2D eigenvalue weighted by atomic mass is 9.81. The molecule has 4 nitrogen and oxygen atoms in total. The minimum absolute atomic E-state index is 0.114. The Hall–Kier alpha value is -7.82.